The van der Waals surface area contributed by atoms with Gasteiger partial charge in [0.1, 0.15) is 11.5 Å². The van der Waals surface area contributed by atoms with Crippen molar-refractivity contribution in [3.8, 4) is 0 Å². The van der Waals surface area contributed by atoms with Crippen molar-refractivity contribution in [3.05, 3.63) is 106 Å². The van der Waals surface area contributed by atoms with E-state index in [-0.39, 0.29) is 23.3 Å². The molecule has 0 spiro atoms. The SMILES string of the molecule is O=C(O)c1c(CN[C@H]2CCCc3ccccc32)c2ccccc2n1Cc1ccc(F)cc1Cl. The lowest BCUT2D eigenvalue weighted by Gasteiger charge is -2.26. The van der Waals surface area contributed by atoms with Crippen molar-refractivity contribution in [2.45, 2.75) is 38.4 Å². The Labute approximate surface area is 196 Å². The van der Waals surface area contributed by atoms with Crippen LogP contribution in [-0.4, -0.2) is 15.6 Å². The minimum Gasteiger partial charge on any atom is -0.477 e. The molecule has 4 aromatic rings. The van der Waals surface area contributed by atoms with E-state index in [1.807, 2.05) is 24.3 Å². The van der Waals surface area contributed by atoms with Crippen LogP contribution in [0.3, 0.4) is 0 Å². The van der Waals surface area contributed by atoms with E-state index in [9.17, 15) is 14.3 Å². The summed E-state index contributed by atoms with van der Waals surface area (Å²) in [6.07, 6.45) is 3.20. The Kier molecular flexibility index (Phi) is 5.92. The summed E-state index contributed by atoms with van der Waals surface area (Å²) in [5.41, 5.74) is 5.11. The molecule has 6 heteroatoms. The summed E-state index contributed by atoms with van der Waals surface area (Å²) in [6.45, 7) is 0.679. The van der Waals surface area contributed by atoms with Gasteiger partial charge in [0.2, 0.25) is 0 Å². The van der Waals surface area contributed by atoms with Crippen LogP contribution in [-0.2, 0) is 19.5 Å². The molecule has 0 aliphatic heterocycles. The van der Waals surface area contributed by atoms with E-state index < -0.39 is 11.8 Å². The summed E-state index contributed by atoms with van der Waals surface area (Å²) >= 11 is 6.27. The Morgan fingerprint density at radius 2 is 1.91 bits per heavy atom. The second-order valence-electron chi connectivity index (χ2n) is 8.50. The number of rotatable bonds is 6. The zero-order valence-corrected chi connectivity index (χ0v) is 18.8. The predicted molar refractivity (Wildman–Crippen MR) is 128 cm³/mol. The van der Waals surface area contributed by atoms with Gasteiger partial charge in [-0.25, -0.2) is 9.18 Å². The molecule has 0 radical (unpaired) electrons. The van der Waals surface area contributed by atoms with Gasteiger partial charge in [0, 0.05) is 40.6 Å². The molecule has 1 aliphatic rings. The topological polar surface area (TPSA) is 54.3 Å². The van der Waals surface area contributed by atoms with Crippen LogP contribution in [0.2, 0.25) is 5.02 Å². The van der Waals surface area contributed by atoms with Gasteiger partial charge in [0.25, 0.3) is 0 Å². The van der Waals surface area contributed by atoms with E-state index in [2.05, 4.69) is 29.6 Å². The van der Waals surface area contributed by atoms with Crippen LogP contribution in [0.1, 0.15) is 51.6 Å². The molecule has 0 saturated heterocycles. The monoisotopic (exact) mass is 462 g/mol. The molecule has 5 rings (SSSR count). The Morgan fingerprint density at radius 3 is 2.73 bits per heavy atom. The number of aryl methyl sites for hydroxylation is 1. The number of carbonyl (C=O) groups is 1. The number of carboxylic acids is 1. The molecule has 0 amide bonds. The fourth-order valence-electron chi connectivity index (χ4n) is 4.97. The third-order valence-electron chi connectivity index (χ3n) is 6.52. The molecule has 4 nitrogen and oxygen atoms in total. The van der Waals surface area contributed by atoms with Crippen molar-refractivity contribution in [3.63, 3.8) is 0 Å². The zero-order chi connectivity index (χ0) is 22.9. The maximum absolute atomic E-state index is 13.5. The van der Waals surface area contributed by atoms with Crippen LogP contribution < -0.4 is 5.32 Å². The van der Waals surface area contributed by atoms with Crippen LogP contribution in [0, 0.1) is 5.82 Å². The van der Waals surface area contributed by atoms with E-state index >= 15 is 0 Å². The lowest BCUT2D eigenvalue weighted by Crippen LogP contribution is -2.25. The molecule has 0 saturated carbocycles. The van der Waals surface area contributed by atoms with Gasteiger partial charge in [-0.2, -0.15) is 0 Å². The van der Waals surface area contributed by atoms with E-state index in [1.165, 1.54) is 23.3 Å². The van der Waals surface area contributed by atoms with Crippen molar-refractivity contribution < 1.29 is 14.3 Å². The van der Waals surface area contributed by atoms with E-state index in [0.29, 0.717) is 12.1 Å². The van der Waals surface area contributed by atoms with Gasteiger partial charge in [0.05, 0.1) is 0 Å². The average molecular weight is 463 g/mol. The molecule has 0 bridgehead atoms. The maximum Gasteiger partial charge on any atom is 0.352 e. The quantitative estimate of drug-likeness (QED) is 0.351. The van der Waals surface area contributed by atoms with Crippen molar-refractivity contribution in [1.29, 1.82) is 0 Å². The Morgan fingerprint density at radius 1 is 1.12 bits per heavy atom. The van der Waals surface area contributed by atoms with Gasteiger partial charge in [-0.05, 0) is 54.2 Å². The fourth-order valence-corrected chi connectivity index (χ4v) is 5.20. The number of nitrogens with zero attached hydrogens (tertiary/aromatic N) is 1. The van der Waals surface area contributed by atoms with Crippen molar-refractivity contribution >= 4 is 28.5 Å². The molecule has 1 atom stereocenters. The second kappa shape index (κ2) is 9.00. The molecule has 3 aromatic carbocycles. The largest absolute Gasteiger partial charge is 0.477 e. The number of para-hydroxylation sites is 1. The van der Waals surface area contributed by atoms with Gasteiger partial charge in [0.15, 0.2) is 0 Å². The van der Waals surface area contributed by atoms with Crippen LogP contribution >= 0.6 is 11.6 Å². The van der Waals surface area contributed by atoms with E-state index in [0.717, 1.165) is 35.7 Å². The average Bonchev–Trinajstić information content (AvgIpc) is 3.13. The number of benzene rings is 3. The molecular weight excluding hydrogens is 439 g/mol. The third-order valence-corrected chi connectivity index (χ3v) is 6.87. The maximum atomic E-state index is 13.5. The summed E-state index contributed by atoms with van der Waals surface area (Å²) in [6, 6.07) is 20.5. The number of fused-ring (bicyclic) bond motifs is 2. The smallest absolute Gasteiger partial charge is 0.352 e. The van der Waals surface area contributed by atoms with Crippen molar-refractivity contribution in [2.24, 2.45) is 0 Å². The molecular formula is C27H24ClFN2O2. The molecule has 168 valence electrons. The highest BCUT2D eigenvalue weighted by molar-refractivity contribution is 6.31. The number of hydrogen-bond donors (Lipinski definition) is 2. The Balaban J connectivity index is 1.54. The normalized spacial score (nSPS) is 15.5. The lowest BCUT2D eigenvalue weighted by atomic mass is 9.87. The number of aromatic nitrogens is 1. The third kappa shape index (κ3) is 4.14. The molecule has 1 heterocycles. The number of nitrogens with one attached hydrogen (secondary N) is 1. The summed E-state index contributed by atoms with van der Waals surface area (Å²) in [5.74, 6) is -1.41. The van der Waals surface area contributed by atoms with Crippen molar-refractivity contribution in [2.75, 3.05) is 0 Å². The highest BCUT2D eigenvalue weighted by Crippen LogP contribution is 2.32. The van der Waals surface area contributed by atoms with Gasteiger partial charge in [-0.1, -0.05) is 60.1 Å². The van der Waals surface area contributed by atoms with Crippen LogP contribution in [0.25, 0.3) is 10.9 Å². The molecule has 33 heavy (non-hydrogen) atoms. The first-order valence-electron chi connectivity index (χ1n) is 11.1. The highest BCUT2D eigenvalue weighted by Gasteiger charge is 2.25. The van der Waals surface area contributed by atoms with Gasteiger partial charge >= 0.3 is 5.97 Å². The van der Waals surface area contributed by atoms with Crippen molar-refractivity contribution in [1.82, 2.24) is 9.88 Å². The summed E-state index contributed by atoms with van der Waals surface area (Å²) in [7, 11) is 0. The lowest BCUT2D eigenvalue weighted by molar-refractivity contribution is 0.0684. The molecule has 0 fully saturated rings. The summed E-state index contributed by atoms with van der Waals surface area (Å²) in [4.78, 5) is 12.4. The molecule has 1 aliphatic carbocycles. The first kappa shape index (κ1) is 21.7. The first-order valence-corrected chi connectivity index (χ1v) is 11.5. The molecule has 1 aromatic heterocycles. The minimum atomic E-state index is -0.995. The van der Waals surface area contributed by atoms with Gasteiger partial charge in [-0.3, -0.25) is 0 Å². The second-order valence-corrected chi connectivity index (χ2v) is 8.90. The Bertz CT molecular complexity index is 1350. The number of aromatic carboxylic acids is 1. The summed E-state index contributed by atoms with van der Waals surface area (Å²) < 4.78 is 15.3. The number of halogens is 2. The zero-order valence-electron chi connectivity index (χ0n) is 18.0. The predicted octanol–water partition coefficient (Wildman–Crippen LogP) is 6.35. The summed E-state index contributed by atoms with van der Waals surface area (Å²) in [5, 5.41) is 15.0. The highest BCUT2D eigenvalue weighted by atomic mass is 35.5. The minimum absolute atomic E-state index is 0.185. The first-order chi connectivity index (χ1) is 16.0. The van der Waals surface area contributed by atoms with E-state index in [4.69, 9.17) is 11.6 Å². The number of hydrogen-bond acceptors (Lipinski definition) is 2. The van der Waals surface area contributed by atoms with Crippen LogP contribution in [0.4, 0.5) is 4.39 Å². The van der Waals surface area contributed by atoms with Crippen LogP contribution in [0.5, 0.6) is 0 Å². The van der Waals surface area contributed by atoms with Crippen LogP contribution in [0.15, 0.2) is 66.7 Å². The van der Waals surface area contributed by atoms with Gasteiger partial charge in [-0.15, -0.1) is 0 Å². The molecule has 2 N–H and O–H groups in total. The van der Waals surface area contributed by atoms with E-state index in [1.54, 1.807) is 10.6 Å². The fraction of sp³-hybridized carbons (Fsp3) is 0.222. The number of carboxylic acid groups (broad SMARTS) is 1. The standard InChI is InChI=1S/C27H24ClFN2O2/c28-23-14-19(29)13-12-18(23)16-31-25-11-4-3-9-21(25)22(26(31)27(32)33)15-30-24-10-5-7-17-6-1-2-8-20(17)24/h1-4,6,8-9,11-14,24,30H,5,7,10,15-16H2,(H,32,33)/t24-/m0/s1. The van der Waals surface area contributed by atoms with Gasteiger partial charge < -0.3 is 15.0 Å². The molecule has 0 unspecified atom stereocenters. The Hall–Kier alpha value is -3.15.